The van der Waals surface area contributed by atoms with Gasteiger partial charge in [-0.2, -0.15) is 5.10 Å². The SMILES string of the molecule is CNC(C(=O)Nc1ccc(OC)cc1C)c1cnn(C)c1.Cl. The molecule has 1 aromatic heterocycles. The van der Waals surface area contributed by atoms with E-state index in [-0.39, 0.29) is 18.3 Å². The van der Waals surface area contributed by atoms with E-state index in [2.05, 4.69) is 15.7 Å². The molecule has 1 heterocycles. The summed E-state index contributed by atoms with van der Waals surface area (Å²) in [5.41, 5.74) is 2.54. The number of nitrogens with zero attached hydrogens (tertiary/aromatic N) is 2. The molecule has 1 amide bonds. The van der Waals surface area contributed by atoms with Gasteiger partial charge in [-0.05, 0) is 37.7 Å². The van der Waals surface area contributed by atoms with Crippen LogP contribution < -0.4 is 15.4 Å². The zero-order valence-corrected chi connectivity index (χ0v) is 13.9. The Morgan fingerprint density at radius 3 is 2.64 bits per heavy atom. The Labute approximate surface area is 136 Å². The van der Waals surface area contributed by atoms with Gasteiger partial charge in [0.25, 0.3) is 0 Å². The van der Waals surface area contributed by atoms with Gasteiger partial charge in [0, 0.05) is 24.5 Å². The molecule has 2 N–H and O–H groups in total. The number of benzene rings is 1. The molecule has 0 aliphatic heterocycles. The standard InChI is InChI=1S/C15H20N4O2.ClH/c1-10-7-12(21-4)5-6-13(10)18-15(20)14(16-2)11-8-17-19(3)9-11;/h5-9,14,16H,1-4H3,(H,18,20);1H. The molecule has 0 spiro atoms. The predicted molar refractivity (Wildman–Crippen MR) is 88.6 cm³/mol. The molecule has 0 saturated carbocycles. The fourth-order valence-corrected chi connectivity index (χ4v) is 2.15. The molecule has 1 unspecified atom stereocenters. The highest BCUT2D eigenvalue weighted by Gasteiger charge is 2.20. The summed E-state index contributed by atoms with van der Waals surface area (Å²) in [6.45, 7) is 1.93. The summed E-state index contributed by atoms with van der Waals surface area (Å²) in [6, 6.07) is 5.09. The second-order valence-corrected chi connectivity index (χ2v) is 4.84. The third-order valence-corrected chi connectivity index (χ3v) is 3.30. The second-order valence-electron chi connectivity index (χ2n) is 4.84. The maximum atomic E-state index is 12.4. The van der Waals surface area contributed by atoms with Crippen LogP contribution >= 0.6 is 12.4 Å². The molecule has 0 fully saturated rings. The molecule has 22 heavy (non-hydrogen) atoms. The molecule has 0 aliphatic rings. The van der Waals surface area contributed by atoms with Gasteiger partial charge in [0.15, 0.2) is 0 Å². The van der Waals surface area contributed by atoms with Gasteiger partial charge in [0.1, 0.15) is 11.8 Å². The van der Waals surface area contributed by atoms with Gasteiger partial charge < -0.3 is 15.4 Å². The lowest BCUT2D eigenvalue weighted by Crippen LogP contribution is -2.30. The fourth-order valence-electron chi connectivity index (χ4n) is 2.15. The van der Waals surface area contributed by atoms with Crippen LogP contribution in [-0.4, -0.2) is 29.8 Å². The quantitative estimate of drug-likeness (QED) is 0.883. The van der Waals surface area contributed by atoms with Crippen LogP contribution in [0.3, 0.4) is 0 Å². The van der Waals surface area contributed by atoms with Crippen molar-refractivity contribution in [1.82, 2.24) is 15.1 Å². The van der Waals surface area contributed by atoms with Crippen molar-refractivity contribution >= 4 is 24.0 Å². The number of aromatic nitrogens is 2. The highest BCUT2D eigenvalue weighted by molar-refractivity contribution is 5.96. The monoisotopic (exact) mass is 324 g/mol. The number of hydrogen-bond donors (Lipinski definition) is 2. The van der Waals surface area contributed by atoms with E-state index in [1.165, 1.54) is 0 Å². The van der Waals surface area contributed by atoms with E-state index in [4.69, 9.17) is 4.74 Å². The molecule has 0 aliphatic carbocycles. The number of carbonyl (C=O) groups excluding carboxylic acids is 1. The van der Waals surface area contributed by atoms with E-state index in [9.17, 15) is 4.79 Å². The van der Waals surface area contributed by atoms with Gasteiger partial charge in [-0.1, -0.05) is 0 Å². The van der Waals surface area contributed by atoms with Crippen LogP contribution in [0, 0.1) is 6.92 Å². The van der Waals surface area contributed by atoms with Gasteiger partial charge in [-0.15, -0.1) is 12.4 Å². The fraction of sp³-hybridized carbons (Fsp3) is 0.333. The van der Waals surface area contributed by atoms with Crippen LogP contribution in [-0.2, 0) is 11.8 Å². The summed E-state index contributed by atoms with van der Waals surface area (Å²) < 4.78 is 6.83. The Hall–Kier alpha value is -2.05. The van der Waals surface area contributed by atoms with E-state index in [0.717, 1.165) is 22.6 Å². The highest BCUT2D eigenvalue weighted by atomic mass is 35.5. The minimum Gasteiger partial charge on any atom is -0.497 e. The van der Waals surface area contributed by atoms with E-state index in [1.807, 2.05) is 38.4 Å². The lowest BCUT2D eigenvalue weighted by molar-refractivity contribution is -0.118. The molecule has 7 heteroatoms. The van der Waals surface area contributed by atoms with Gasteiger partial charge >= 0.3 is 0 Å². The van der Waals surface area contributed by atoms with Crippen molar-refractivity contribution in [3.63, 3.8) is 0 Å². The summed E-state index contributed by atoms with van der Waals surface area (Å²) in [5, 5.41) is 10.0. The highest BCUT2D eigenvalue weighted by Crippen LogP contribution is 2.22. The number of hydrogen-bond acceptors (Lipinski definition) is 4. The number of amides is 1. The van der Waals surface area contributed by atoms with Gasteiger partial charge in [-0.25, -0.2) is 0 Å². The number of anilines is 1. The molecular formula is C15H21ClN4O2. The predicted octanol–water partition coefficient (Wildman–Crippen LogP) is 2.06. The Morgan fingerprint density at radius 2 is 2.14 bits per heavy atom. The number of nitrogens with one attached hydrogen (secondary N) is 2. The van der Waals surface area contributed by atoms with Gasteiger partial charge in [0.05, 0.1) is 13.3 Å². The van der Waals surface area contributed by atoms with E-state index < -0.39 is 6.04 Å². The summed E-state index contributed by atoms with van der Waals surface area (Å²) >= 11 is 0. The van der Waals surface area contributed by atoms with Crippen LogP contribution in [0.5, 0.6) is 5.75 Å². The zero-order chi connectivity index (χ0) is 15.4. The first-order chi connectivity index (χ1) is 10.0. The molecular weight excluding hydrogens is 304 g/mol. The average Bonchev–Trinajstić information content (AvgIpc) is 2.88. The zero-order valence-electron chi connectivity index (χ0n) is 13.1. The average molecular weight is 325 g/mol. The van der Waals surface area contributed by atoms with E-state index in [0.29, 0.717) is 0 Å². The number of ether oxygens (including phenoxy) is 1. The van der Waals surface area contributed by atoms with Crippen molar-refractivity contribution in [1.29, 1.82) is 0 Å². The minimum atomic E-state index is -0.444. The lowest BCUT2D eigenvalue weighted by Gasteiger charge is -2.16. The molecule has 2 rings (SSSR count). The van der Waals surface area contributed by atoms with E-state index in [1.54, 1.807) is 25.0 Å². The number of rotatable bonds is 5. The van der Waals surface area contributed by atoms with Crippen molar-refractivity contribution in [3.05, 3.63) is 41.7 Å². The molecule has 1 aromatic carbocycles. The largest absolute Gasteiger partial charge is 0.497 e. The third kappa shape index (κ3) is 3.99. The summed E-state index contributed by atoms with van der Waals surface area (Å²) in [7, 11) is 5.19. The van der Waals surface area contributed by atoms with Gasteiger partial charge in [0.2, 0.25) is 5.91 Å². The molecule has 6 nitrogen and oxygen atoms in total. The van der Waals surface area contributed by atoms with Crippen molar-refractivity contribution < 1.29 is 9.53 Å². The smallest absolute Gasteiger partial charge is 0.246 e. The first kappa shape index (κ1) is 18.0. The first-order valence-corrected chi connectivity index (χ1v) is 6.66. The normalized spacial score (nSPS) is 11.5. The summed E-state index contributed by atoms with van der Waals surface area (Å²) in [4.78, 5) is 12.4. The third-order valence-electron chi connectivity index (χ3n) is 3.30. The van der Waals surface area contributed by atoms with Crippen LogP contribution in [0.15, 0.2) is 30.6 Å². The molecule has 0 radical (unpaired) electrons. The van der Waals surface area contributed by atoms with Crippen LogP contribution in [0.25, 0.3) is 0 Å². The van der Waals surface area contributed by atoms with E-state index >= 15 is 0 Å². The molecule has 2 aromatic rings. The number of likely N-dealkylation sites (N-methyl/N-ethyl adjacent to an activating group) is 1. The number of methoxy groups -OCH3 is 1. The molecule has 120 valence electrons. The summed E-state index contributed by atoms with van der Waals surface area (Å²) in [6.07, 6.45) is 3.50. The first-order valence-electron chi connectivity index (χ1n) is 6.66. The number of aryl methyl sites for hydroxylation is 2. The lowest BCUT2D eigenvalue weighted by atomic mass is 10.1. The van der Waals surface area contributed by atoms with Crippen molar-refractivity contribution in [2.45, 2.75) is 13.0 Å². The maximum absolute atomic E-state index is 12.4. The number of halogens is 1. The topological polar surface area (TPSA) is 68.2 Å². The number of carbonyl (C=O) groups is 1. The molecule has 0 bridgehead atoms. The molecule has 1 atom stereocenters. The van der Waals surface area contributed by atoms with Crippen LogP contribution in [0.1, 0.15) is 17.2 Å². The van der Waals surface area contributed by atoms with Gasteiger partial charge in [-0.3, -0.25) is 9.48 Å². The minimum absolute atomic E-state index is 0. The Morgan fingerprint density at radius 1 is 1.41 bits per heavy atom. The van der Waals surface area contributed by atoms with Crippen LogP contribution in [0.2, 0.25) is 0 Å². The summed E-state index contributed by atoms with van der Waals surface area (Å²) in [5.74, 6) is 0.640. The second kappa shape index (κ2) is 7.82. The van der Waals surface area contributed by atoms with Crippen LogP contribution in [0.4, 0.5) is 5.69 Å². The Balaban J connectivity index is 0.00000242. The van der Waals surface area contributed by atoms with Crippen molar-refractivity contribution in [2.24, 2.45) is 7.05 Å². The maximum Gasteiger partial charge on any atom is 0.246 e. The van der Waals surface area contributed by atoms with Crippen molar-refractivity contribution in [2.75, 3.05) is 19.5 Å². The van der Waals surface area contributed by atoms with Crippen molar-refractivity contribution in [3.8, 4) is 5.75 Å². The molecule has 0 saturated heterocycles. The Bertz CT molecular complexity index is 642. The Kier molecular flexibility index (Phi) is 6.39.